The number of nitrogens with one attached hydrogen (secondary N) is 1. The van der Waals surface area contributed by atoms with Gasteiger partial charge >= 0.3 is 0 Å². The lowest BCUT2D eigenvalue weighted by atomic mass is 10.2. The smallest absolute Gasteiger partial charge is 0.273 e. The molecule has 0 fully saturated rings. The van der Waals surface area contributed by atoms with E-state index in [9.17, 15) is 20.0 Å². The molecule has 3 rings (SSSR count). The Kier molecular flexibility index (Phi) is 6.96. The molecule has 154 valence electrons. The zero-order valence-electron chi connectivity index (χ0n) is 15.9. The fourth-order valence-corrected chi connectivity index (χ4v) is 2.55. The van der Waals surface area contributed by atoms with Crippen molar-refractivity contribution in [1.29, 1.82) is 0 Å². The van der Waals surface area contributed by atoms with E-state index in [1.807, 2.05) is 6.07 Å². The van der Waals surface area contributed by atoms with Gasteiger partial charge in [-0.25, -0.2) is 0 Å². The van der Waals surface area contributed by atoms with Gasteiger partial charge in [0.1, 0.15) is 30.8 Å². The first kappa shape index (κ1) is 20.8. The number of benzene rings is 3. The van der Waals surface area contributed by atoms with Crippen LogP contribution >= 0.6 is 0 Å². The maximum atomic E-state index is 12.1. The van der Waals surface area contributed by atoms with E-state index in [2.05, 4.69) is 5.32 Å². The maximum Gasteiger partial charge on any atom is 0.273 e. The molecule has 0 aromatic heterocycles. The highest BCUT2D eigenvalue weighted by atomic mass is 16.6. The number of anilines is 1. The second-order valence-electron chi connectivity index (χ2n) is 6.37. The van der Waals surface area contributed by atoms with Crippen LogP contribution in [0.25, 0.3) is 0 Å². The Morgan fingerprint density at radius 3 is 2.27 bits per heavy atom. The predicted octanol–water partition coefficient (Wildman–Crippen LogP) is 3.67. The third kappa shape index (κ3) is 6.05. The number of nitro benzene ring substituents is 1. The van der Waals surface area contributed by atoms with E-state index in [0.29, 0.717) is 22.7 Å². The molecule has 1 unspecified atom stereocenters. The van der Waals surface area contributed by atoms with Crippen LogP contribution in [0.5, 0.6) is 11.5 Å². The van der Waals surface area contributed by atoms with E-state index >= 15 is 0 Å². The first-order valence-electron chi connectivity index (χ1n) is 9.16. The molecular weight excluding hydrogens is 388 g/mol. The Balaban J connectivity index is 1.45. The summed E-state index contributed by atoms with van der Waals surface area (Å²) in [5.74, 6) is 0.599. The summed E-state index contributed by atoms with van der Waals surface area (Å²) in [5, 5.41) is 23.6. The lowest BCUT2D eigenvalue weighted by Crippen LogP contribution is -2.25. The number of nitro groups is 1. The SMILES string of the molecule is O=C(Nc1ccc(OCC(O)COc2cccc([N+](=O)[O-])c2)cc1)c1ccccc1. The van der Waals surface area contributed by atoms with Crippen molar-refractivity contribution >= 4 is 17.3 Å². The van der Waals surface area contributed by atoms with Gasteiger partial charge in [-0.05, 0) is 42.5 Å². The molecule has 8 heteroatoms. The zero-order valence-corrected chi connectivity index (χ0v) is 15.9. The minimum Gasteiger partial charge on any atom is -0.491 e. The van der Waals surface area contributed by atoms with Crippen molar-refractivity contribution in [1.82, 2.24) is 0 Å². The molecule has 0 saturated carbocycles. The van der Waals surface area contributed by atoms with E-state index in [1.165, 1.54) is 18.2 Å². The second kappa shape index (κ2) is 10.0. The van der Waals surface area contributed by atoms with Crippen LogP contribution in [0.3, 0.4) is 0 Å². The van der Waals surface area contributed by atoms with Crippen LogP contribution in [0.4, 0.5) is 11.4 Å². The van der Waals surface area contributed by atoms with Crippen molar-refractivity contribution in [3.8, 4) is 11.5 Å². The van der Waals surface area contributed by atoms with Crippen molar-refractivity contribution < 1.29 is 24.3 Å². The molecular formula is C22H20N2O6. The zero-order chi connectivity index (χ0) is 21.3. The number of non-ortho nitro benzene ring substituents is 1. The van der Waals surface area contributed by atoms with Crippen LogP contribution in [0.1, 0.15) is 10.4 Å². The molecule has 30 heavy (non-hydrogen) atoms. The van der Waals surface area contributed by atoms with Gasteiger partial charge in [0.05, 0.1) is 11.0 Å². The average molecular weight is 408 g/mol. The largest absolute Gasteiger partial charge is 0.491 e. The van der Waals surface area contributed by atoms with Crippen LogP contribution in [0.2, 0.25) is 0 Å². The molecule has 8 nitrogen and oxygen atoms in total. The van der Waals surface area contributed by atoms with Gasteiger partial charge < -0.3 is 19.9 Å². The summed E-state index contributed by atoms with van der Waals surface area (Å²) in [4.78, 5) is 22.4. The number of carbonyl (C=O) groups is 1. The minimum absolute atomic E-state index is 0.0232. The quantitative estimate of drug-likeness (QED) is 0.413. The molecule has 0 bridgehead atoms. The molecule has 0 spiro atoms. The normalized spacial score (nSPS) is 11.4. The first-order chi connectivity index (χ1) is 14.5. The summed E-state index contributed by atoms with van der Waals surface area (Å²) >= 11 is 0. The van der Waals surface area contributed by atoms with Crippen molar-refractivity contribution in [3.05, 3.63) is 94.5 Å². The minimum atomic E-state index is -0.929. The third-order valence-corrected chi connectivity index (χ3v) is 4.06. The molecule has 0 radical (unpaired) electrons. The molecule has 3 aromatic carbocycles. The highest BCUT2D eigenvalue weighted by Gasteiger charge is 2.10. The molecule has 0 heterocycles. The number of amides is 1. The van der Waals surface area contributed by atoms with E-state index in [4.69, 9.17) is 9.47 Å². The number of rotatable bonds is 9. The van der Waals surface area contributed by atoms with Gasteiger partial charge in [0, 0.05) is 17.3 Å². The molecule has 0 aliphatic heterocycles. The molecule has 3 aromatic rings. The molecule has 0 saturated heterocycles. The summed E-state index contributed by atoms with van der Waals surface area (Å²) in [6.45, 7) is -0.100. The number of hydrogen-bond donors (Lipinski definition) is 2. The van der Waals surface area contributed by atoms with Gasteiger partial charge in [-0.15, -0.1) is 0 Å². The summed E-state index contributed by atoms with van der Waals surface area (Å²) < 4.78 is 10.9. The predicted molar refractivity (Wildman–Crippen MR) is 111 cm³/mol. The molecule has 0 aliphatic carbocycles. The van der Waals surface area contributed by atoms with Gasteiger partial charge in [-0.1, -0.05) is 24.3 Å². The van der Waals surface area contributed by atoms with Crippen LogP contribution in [0, 0.1) is 10.1 Å². The average Bonchev–Trinajstić information content (AvgIpc) is 2.78. The van der Waals surface area contributed by atoms with Gasteiger partial charge in [0.2, 0.25) is 0 Å². The van der Waals surface area contributed by atoms with Gasteiger partial charge in [-0.2, -0.15) is 0 Å². The standard InChI is InChI=1S/C22H20N2O6/c25-19(15-30-21-8-4-7-18(13-21)24(27)28)14-29-20-11-9-17(10-12-20)23-22(26)16-5-2-1-3-6-16/h1-13,19,25H,14-15H2,(H,23,26). The monoisotopic (exact) mass is 408 g/mol. The van der Waals surface area contributed by atoms with E-state index in [1.54, 1.807) is 54.6 Å². The lowest BCUT2D eigenvalue weighted by molar-refractivity contribution is -0.384. The summed E-state index contributed by atoms with van der Waals surface area (Å²) in [6, 6.07) is 21.3. The highest BCUT2D eigenvalue weighted by molar-refractivity contribution is 6.04. The van der Waals surface area contributed by atoms with E-state index in [0.717, 1.165) is 0 Å². The van der Waals surface area contributed by atoms with Crippen LogP contribution < -0.4 is 14.8 Å². The van der Waals surface area contributed by atoms with Crippen LogP contribution in [0.15, 0.2) is 78.9 Å². The number of ether oxygens (including phenoxy) is 2. The van der Waals surface area contributed by atoms with Gasteiger partial charge in [0.15, 0.2) is 0 Å². The number of aliphatic hydroxyl groups is 1. The summed E-state index contributed by atoms with van der Waals surface area (Å²) in [5.41, 5.74) is 1.09. The summed E-state index contributed by atoms with van der Waals surface area (Å²) in [7, 11) is 0. The molecule has 2 N–H and O–H groups in total. The number of aliphatic hydroxyl groups excluding tert-OH is 1. The van der Waals surface area contributed by atoms with Crippen molar-refractivity contribution in [2.24, 2.45) is 0 Å². The first-order valence-corrected chi connectivity index (χ1v) is 9.16. The van der Waals surface area contributed by atoms with Crippen molar-refractivity contribution in [3.63, 3.8) is 0 Å². The molecule has 1 atom stereocenters. The second-order valence-corrected chi connectivity index (χ2v) is 6.37. The van der Waals surface area contributed by atoms with E-state index in [-0.39, 0.29) is 24.8 Å². The summed E-state index contributed by atoms with van der Waals surface area (Å²) in [6.07, 6.45) is -0.929. The fraction of sp³-hybridized carbons (Fsp3) is 0.136. The Hall–Kier alpha value is -3.91. The van der Waals surface area contributed by atoms with E-state index < -0.39 is 11.0 Å². The number of carbonyl (C=O) groups excluding carboxylic acids is 1. The Morgan fingerprint density at radius 2 is 1.60 bits per heavy atom. The Morgan fingerprint density at radius 1 is 0.933 bits per heavy atom. The van der Waals surface area contributed by atoms with Crippen molar-refractivity contribution in [2.75, 3.05) is 18.5 Å². The topological polar surface area (TPSA) is 111 Å². The highest BCUT2D eigenvalue weighted by Crippen LogP contribution is 2.20. The van der Waals surface area contributed by atoms with Crippen LogP contribution in [-0.4, -0.2) is 35.3 Å². The maximum absolute atomic E-state index is 12.1. The van der Waals surface area contributed by atoms with Crippen molar-refractivity contribution in [2.45, 2.75) is 6.10 Å². The van der Waals surface area contributed by atoms with Gasteiger partial charge in [0.25, 0.3) is 11.6 Å². The molecule has 0 aliphatic rings. The van der Waals surface area contributed by atoms with Crippen LogP contribution in [-0.2, 0) is 0 Å². The van der Waals surface area contributed by atoms with Gasteiger partial charge in [-0.3, -0.25) is 14.9 Å². The Bertz CT molecular complexity index is 992. The molecule has 1 amide bonds. The lowest BCUT2D eigenvalue weighted by Gasteiger charge is -2.14. The third-order valence-electron chi connectivity index (χ3n) is 4.06. The number of nitrogens with zero attached hydrogens (tertiary/aromatic N) is 1. The fourth-order valence-electron chi connectivity index (χ4n) is 2.55. The Labute approximate surface area is 172 Å². The number of hydrogen-bond acceptors (Lipinski definition) is 6.